The molecule has 1 aliphatic rings. The Labute approximate surface area is 89.0 Å². The molecule has 0 unspecified atom stereocenters. The van der Waals surface area contributed by atoms with E-state index in [0.717, 1.165) is 11.1 Å². The lowest BCUT2D eigenvalue weighted by atomic mass is 10.0. The number of hydrogen-bond acceptors (Lipinski definition) is 3. The van der Waals surface area contributed by atoms with Crippen molar-refractivity contribution in [1.82, 2.24) is 0 Å². The van der Waals surface area contributed by atoms with Crippen LogP contribution in [0.4, 0.5) is 0 Å². The number of epoxide rings is 1. The Balaban J connectivity index is 2.05. The van der Waals surface area contributed by atoms with Crippen LogP contribution in [0.15, 0.2) is 24.3 Å². The highest BCUT2D eigenvalue weighted by Gasteiger charge is 2.47. The van der Waals surface area contributed by atoms with Gasteiger partial charge >= 0.3 is 5.97 Å². The van der Waals surface area contributed by atoms with Crippen molar-refractivity contribution in [3.63, 3.8) is 0 Å². The Morgan fingerprint density at radius 2 is 2.20 bits per heavy atom. The van der Waals surface area contributed by atoms with Gasteiger partial charge in [-0.05, 0) is 25.0 Å². The molecule has 0 aliphatic carbocycles. The van der Waals surface area contributed by atoms with Gasteiger partial charge in [0.25, 0.3) is 0 Å². The van der Waals surface area contributed by atoms with Crippen molar-refractivity contribution in [3.05, 3.63) is 35.4 Å². The summed E-state index contributed by atoms with van der Waals surface area (Å²) in [6.07, 6.45) is -0.503. The smallest absolute Gasteiger partial charge is 0.338 e. The summed E-state index contributed by atoms with van der Waals surface area (Å²) in [6, 6.07) is 7.92. The van der Waals surface area contributed by atoms with Crippen LogP contribution in [0.2, 0.25) is 0 Å². The SMILES string of the molecule is CCOC(=O)[C@@H]1O[C@H]1c1ccccc1C. The summed E-state index contributed by atoms with van der Waals surface area (Å²) in [5, 5.41) is 0. The monoisotopic (exact) mass is 206 g/mol. The Hall–Kier alpha value is -1.35. The van der Waals surface area contributed by atoms with Crippen molar-refractivity contribution < 1.29 is 14.3 Å². The van der Waals surface area contributed by atoms with Gasteiger partial charge in [-0.3, -0.25) is 0 Å². The molecular formula is C12H14O3. The van der Waals surface area contributed by atoms with Gasteiger partial charge in [0.15, 0.2) is 6.10 Å². The molecule has 0 spiro atoms. The average molecular weight is 206 g/mol. The van der Waals surface area contributed by atoms with Gasteiger partial charge in [0.1, 0.15) is 6.10 Å². The molecule has 80 valence electrons. The summed E-state index contributed by atoms with van der Waals surface area (Å²) in [7, 11) is 0. The van der Waals surface area contributed by atoms with Gasteiger partial charge in [-0.2, -0.15) is 0 Å². The molecule has 1 aromatic carbocycles. The van der Waals surface area contributed by atoms with Gasteiger partial charge in [-0.1, -0.05) is 24.3 Å². The molecule has 15 heavy (non-hydrogen) atoms. The molecule has 2 atom stereocenters. The summed E-state index contributed by atoms with van der Waals surface area (Å²) < 4.78 is 10.2. The van der Waals surface area contributed by atoms with E-state index < -0.39 is 6.10 Å². The number of carbonyl (C=O) groups is 1. The van der Waals surface area contributed by atoms with Gasteiger partial charge in [0.2, 0.25) is 0 Å². The Morgan fingerprint density at radius 3 is 2.87 bits per heavy atom. The van der Waals surface area contributed by atoms with Crippen molar-refractivity contribution in [2.45, 2.75) is 26.1 Å². The van der Waals surface area contributed by atoms with Gasteiger partial charge in [0.05, 0.1) is 6.61 Å². The maximum atomic E-state index is 11.4. The minimum atomic E-state index is -0.397. The lowest BCUT2D eigenvalue weighted by molar-refractivity contribution is -0.144. The van der Waals surface area contributed by atoms with Crippen LogP contribution in [-0.2, 0) is 14.3 Å². The number of aryl methyl sites for hydroxylation is 1. The molecule has 0 amide bonds. The third-order valence-corrected chi connectivity index (χ3v) is 2.51. The van der Waals surface area contributed by atoms with Crippen LogP contribution in [0.3, 0.4) is 0 Å². The number of carbonyl (C=O) groups excluding carboxylic acids is 1. The second kappa shape index (κ2) is 4.03. The van der Waals surface area contributed by atoms with Crippen LogP contribution >= 0.6 is 0 Å². The summed E-state index contributed by atoms with van der Waals surface area (Å²) >= 11 is 0. The molecule has 3 heteroatoms. The van der Waals surface area contributed by atoms with Crippen molar-refractivity contribution in [2.24, 2.45) is 0 Å². The molecule has 1 fully saturated rings. The van der Waals surface area contributed by atoms with Crippen molar-refractivity contribution in [1.29, 1.82) is 0 Å². The highest BCUT2D eigenvalue weighted by Crippen LogP contribution is 2.40. The standard InChI is InChI=1S/C12H14O3/c1-3-14-12(13)11-10(15-11)9-7-5-4-6-8(9)2/h4-7,10-11H,3H2,1-2H3/t10-,11+/m0/s1. The van der Waals surface area contributed by atoms with E-state index in [-0.39, 0.29) is 12.1 Å². The zero-order chi connectivity index (χ0) is 10.8. The summed E-state index contributed by atoms with van der Waals surface area (Å²) in [5.74, 6) is -0.259. The van der Waals surface area contributed by atoms with Crippen LogP contribution in [0.1, 0.15) is 24.2 Å². The van der Waals surface area contributed by atoms with E-state index in [9.17, 15) is 4.79 Å². The molecular weight excluding hydrogens is 192 g/mol. The quantitative estimate of drug-likeness (QED) is 0.561. The highest BCUT2D eigenvalue weighted by atomic mass is 16.6. The van der Waals surface area contributed by atoms with E-state index in [0.29, 0.717) is 6.61 Å². The maximum Gasteiger partial charge on any atom is 0.338 e. The van der Waals surface area contributed by atoms with E-state index in [1.807, 2.05) is 31.2 Å². The normalized spacial score (nSPS) is 23.6. The first-order chi connectivity index (χ1) is 7.24. The number of esters is 1. The highest BCUT2D eigenvalue weighted by molar-refractivity contribution is 5.78. The van der Waals surface area contributed by atoms with E-state index in [1.54, 1.807) is 6.92 Å². The Kier molecular flexibility index (Phi) is 2.73. The fraction of sp³-hybridized carbons (Fsp3) is 0.417. The Morgan fingerprint density at radius 1 is 1.47 bits per heavy atom. The molecule has 2 rings (SSSR count). The van der Waals surface area contributed by atoms with Gasteiger partial charge in [0, 0.05) is 0 Å². The van der Waals surface area contributed by atoms with Crippen molar-refractivity contribution in [3.8, 4) is 0 Å². The topological polar surface area (TPSA) is 38.8 Å². The predicted molar refractivity (Wildman–Crippen MR) is 55.4 cm³/mol. The van der Waals surface area contributed by atoms with Gasteiger partial charge in [-0.15, -0.1) is 0 Å². The first kappa shape index (κ1) is 10.2. The molecule has 1 aromatic rings. The van der Waals surface area contributed by atoms with E-state index in [1.165, 1.54) is 0 Å². The minimum absolute atomic E-state index is 0.106. The summed E-state index contributed by atoms with van der Waals surface area (Å²) in [5.41, 5.74) is 2.23. The fourth-order valence-corrected chi connectivity index (χ4v) is 1.66. The third-order valence-electron chi connectivity index (χ3n) is 2.51. The largest absolute Gasteiger partial charge is 0.464 e. The third kappa shape index (κ3) is 2.02. The van der Waals surface area contributed by atoms with Gasteiger partial charge < -0.3 is 9.47 Å². The molecule has 1 saturated heterocycles. The van der Waals surface area contributed by atoms with E-state index in [4.69, 9.17) is 9.47 Å². The van der Waals surface area contributed by atoms with Crippen LogP contribution in [0.25, 0.3) is 0 Å². The maximum absolute atomic E-state index is 11.4. The van der Waals surface area contributed by atoms with Crippen LogP contribution in [-0.4, -0.2) is 18.7 Å². The number of hydrogen-bond donors (Lipinski definition) is 0. The molecule has 0 saturated carbocycles. The van der Waals surface area contributed by atoms with Crippen molar-refractivity contribution >= 4 is 5.97 Å². The first-order valence-corrected chi connectivity index (χ1v) is 5.11. The zero-order valence-electron chi connectivity index (χ0n) is 8.90. The number of ether oxygens (including phenoxy) is 2. The summed E-state index contributed by atoms with van der Waals surface area (Å²) in [6.45, 7) is 4.21. The molecule has 0 N–H and O–H groups in total. The van der Waals surface area contributed by atoms with E-state index in [2.05, 4.69) is 0 Å². The van der Waals surface area contributed by atoms with Crippen molar-refractivity contribution in [2.75, 3.05) is 6.61 Å². The zero-order valence-corrected chi connectivity index (χ0v) is 8.90. The minimum Gasteiger partial charge on any atom is -0.464 e. The molecule has 0 radical (unpaired) electrons. The average Bonchev–Trinajstić information content (AvgIpc) is 2.98. The number of benzene rings is 1. The Bertz CT molecular complexity index is 373. The van der Waals surface area contributed by atoms with Crippen LogP contribution in [0, 0.1) is 6.92 Å². The van der Waals surface area contributed by atoms with Gasteiger partial charge in [-0.25, -0.2) is 4.79 Å². The lowest BCUT2D eigenvalue weighted by Gasteiger charge is -2.00. The molecule has 1 heterocycles. The van der Waals surface area contributed by atoms with Crippen LogP contribution < -0.4 is 0 Å². The van der Waals surface area contributed by atoms with Crippen LogP contribution in [0.5, 0.6) is 0 Å². The molecule has 1 aliphatic heterocycles. The molecule has 3 nitrogen and oxygen atoms in total. The predicted octanol–water partition coefficient (Wildman–Crippen LogP) is 2.00. The fourth-order valence-electron chi connectivity index (χ4n) is 1.66. The molecule has 0 bridgehead atoms. The lowest BCUT2D eigenvalue weighted by Crippen LogP contribution is -2.12. The second-order valence-corrected chi connectivity index (χ2v) is 3.59. The second-order valence-electron chi connectivity index (χ2n) is 3.59. The number of rotatable bonds is 3. The summed E-state index contributed by atoms with van der Waals surface area (Å²) in [4.78, 5) is 11.4. The van der Waals surface area contributed by atoms with E-state index >= 15 is 0 Å². The first-order valence-electron chi connectivity index (χ1n) is 5.11. The molecule has 0 aromatic heterocycles.